The third-order valence-corrected chi connectivity index (χ3v) is 8.21. The molecule has 0 aliphatic rings. The minimum absolute atomic E-state index is 0.0258. The molecule has 0 saturated carbocycles. The van der Waals surface area contributed by atoms with E-state index in [9.17, 15) is 14.3 Å². The van der Waals surface area contributed by atoms with Gasteiger partial charge in [-0.15, -0.1) is 0 Å². The molecule has 1 unspecified atom stereocenters. The van der Waals surface area contributed by atoms with Gasteiger partial charge in [0.05, 0.1) is 18.8 Å². The molecule has 0 aliphatic heterocycles. The number of hydrogen-bond acceptors (Lipinski definition) is 6. The highest BCUT2D eigenvalue weighted by atomic mass is 19.2. The topological polar surface area (TPSA) is 94.1 Å². The zero-order valence-electron chi connectivity index (χ0n) is 28.5. The van der Waals surface area contributed by atoms with E-state index >= 15 is 4.39 Å². The Kier molecular flexibility index (Phi) is 9.07. The van der Waals surface area contributed by atoms with Crippen LogP contribution in [0.1, 0.15) is 70.2 Å². The predicted octanol–water partition coefficient (Wildman–Crippen LogP) is 7.54. The zero-order chi connectivity index (χ0) is 34.4. The molecule has 3 aromatic heterocycles. The molecular weight excluding hydrogens is 604 g/mol. The molecule has 3 heterocycles. The molecule has 0 spiro atoms. The van der Waals surface area contributed by atoms with Gasteiger partial charge in [-0.05, 0) is 67.8 Å². The molecule has 0 bridgehead atoms. The van der Waals surface area contributed by atoms with E-state index < -0.39 is 34.8 Å². The smallest absolute Gasteiger partial charge is 0.410 e. The maximum atomic E-state index is 15.4. The van der Waals surface area contributed by atoms with Crippen molar-refractivity contribution < 1.29 is 28.2 Å². The average Bonchev–Trinajstić information content (AvgIpc) is 3.57. The molecule has 2 aromatic carbocycles. The van der Waals surface area contributed by atoms with Gasteiger partial charge >= 0.3 is 6.09 Å². The van der Waals surface area contributed by atoms with Crippen molar-refractivity contribution in [1.29, 1.82) is 0 Å². The Labute approximate surface area is 273 Å². The minimum Gasteiger partial charge on any atom is -0.489 e. The molecule has 0 radical (unpaired) electrons. The second kappa shape index (κ2) is 12.6. The van der Waals surface area contributed by atoms with E-state index in [1.807, 2.05) is 83.5 Å². The molecule has 47 heavy (non-hydrogen) atoms. The number of aliphatic hydroxyl groups excluding tert-OH is 1. The first kappa shape index (κ1) is 33.8. The summed E-state index contributed by atoms with van der Waals surface area (Å²) in [6.45, 7) is 13.4. The number of ether oxygens (including phenoxy) is 2. The Balaban J connectivity index is 1.51. The molecule has 11 heteroatoms. The van der Waals surface area contributed by atoms with Gasteiger partial charge in [-0.25, -0.2) is 14.2 Å². The first-order valence-electron chi connectivity index (χ1n) is 15.6. The van der Waals surface area contributed by atoms with Crippen molar-refractivity contribution in [2.45, 2.75) is 73.1 Å². The quantitative estimate of drug-likeness (QED) is 0.187. The molecule has 0 aliphatic carbocycles. The molecule has 250 valence electrons. The molecule has 1 atom stereocenters. The van der Waals surface area contributed by atoms with Crippen LogP contribution in [0.3, 0.4) is 0 Å². The molecular formula is C36H43F2N5O4. The Morgan fingerprint density at radius 2 is 1.81 bits per heavy atom. The minimum atomic E-state index is -1.09. The van der Waals surface area contributed by atoms with Gasteiger partial charge in [0, 0.05) is 61.3 Å². The normalized spacial score (nSPS) is 12.9. The third kappa shape index (κ3) is 6.95. The molecule has 1 amide bonds. The number of hydrogen-bond donors (Lipinski definition) is 1. The van der Waals surface area contributed by atoms with E-state index in [1.165, 1.54) is 11.0 Å². The fourth-order valence-electron chi connectivity index (χ4n) is 5.59. The van der Waals surface area contributed by atoms with Crippen LogP contribution >= 0.6 is 0 Å². The van der Waals surface area contributed by atoms with Crippen LogP contribution in [0, 0.1) is 24.0 Å². The first-order chi connectivity index (χ1) is 22.0. The van der Waals surface area contributed by atoms with Crippen molar-refractivity contribution in [3.8, 4) is 16.9 Å². The lowest BCUT2D eigenvalue weighted by Crippen LogP contribution is -2.33. The van der Waals surface area contributed by atoms with E-state index in [1.54, 1.807) is 25.0 Å². The van der Waals surface area contributed by atoms with Gasteiger partial charge in [0.25, 0.3) is 0 Å². The maximum Gasteiger partial charge on any atom is 0.410 e. The SMILES string of the molecule is Cc1c(CCOc2c(-c3ccc4c(c3)c(CN(C)C(=O)OC(C)(C)C)cn3ccnc43)ccc(F)c2F)c(C(O)C(C)(C)C)nn1C. The van der Waals surface area contributed by atoms with Gasteiger partial charge in [0.2, 0.25) is 5.82 Å². The highest BCUT2D eigenvalue weighted by Gasteiger charge is 2.30. The summed E-state index contributed by atoms with van der Waals surface area (Å²) < 4.78 is 45.2. The van der Waals surface area contributed by atoms with Crippen molar-refractivity contribution in [2.24, 2.45) is 12.5 Å². The van der Waals surface area contributed by atoms with Crippen LogP contribution in [0.2, 0.25) is 0 Å². The number of amides is 1. The second-order valence-electron chi connectivity index (χ2n) is 14.1. The van der Waals surface area contributed by atoms with Crippen molar-refractivity contribution >= 4 is 22.5 Å². The summed E-state index contributed by atoms with van der Waals surface area (Å²) in [7, 11) is 3.47. The molecule has 9 nitrogen and oxygen atoms in total. The number of pyridine rings is 1. The number of aromatic nitrogens is 4. The Hall–Kier alpha value is -4.51. The number of carbonyl (C=O) groups excluding carboxylic acids is 1. The van der Waals surface area contributed by atoms with E-state index in [0.29, 0.717) is 23.2 Å². The number of nitrogens with zero attached hydrogens (tertiary/aromatic N) is 5. The lowest BCUT2D eigenvalue weighted by Gasteiger charge is -2.25. The number of halogens is 2. The summed E-state index contributed by atoms with van der Waals surface area (Å²) in [6.07, 6.45) is 4.47. The molecule has 0 saturated heterocycles. The molecule has 0 fully saturated rings. The average molecular weight is 648 g/mol. The van der Waals surface area contributed by atoms with Gasteiger partial charge in [-0.1, -0.05) is 32.9 Å². The van der Waals surface area contributed by atoms with Crippen LogP contribution in [-0.4, -0.2) is 54.5 Å². The third-order valence-electron chi connectivity index (χ3n) is 8.21. The molecule has 5 aromatic rings. The standard InChI is InChI=1S/C36H43F2N5O4/c1-21-24(30(40-42(21)9)32(44)35(2,3)4)14-17-46-31-25(12-13-28(37)29(31)38)22-10-11-26-27(18-22)23(20-43-16-15-39-33(26)43)19-41(8)34(45)47-36(5,6)7/h10-13,15-16,18,20,32,44H,14,17,19H2,1-9H3. The zero-order valence-corrected chi connectivity index (χ0v) is 28.5. The van der Waals surface area contributed by atoms with Crippen molar-refractivity contribution in [1.82, 2.24) is 24.1 Å². The Morgan fingerprint density at radius 3 is 2.49 bits per heavy atom. The summed E-state index contributed by atoms with van der Waals surface area (Å²) >= 11 is 0. The van der Waals surface area contributed by atoms with Gasteiger partial charge in [0.1, 0.15) is 17.4 Å². The summed E-state index contributed by atoms with van der Waals surface area (Å²) in [4.78, 5) is 18.8. The van der Waals surface area contributed by atoms with Crippen LogP contribution in [0.4, 0.5) is 13.6 Å². The largest absolute Gasteiger partial charge is 0.489 e. The summed E-state index contributed by atoms with van der Waals surface area (Å²) in [5.74, 6) is -2.32. The number of aryl methyl sites for hydroxylation is 1. The van der Waals surface area contributed by atoms with E-state index in [4.69, 9.17) is 9.47 Å². The second-order valence-corrected chi connectivity index (χ2v) is 14.1. The first-order valence-corrected chi connectivity index (χ1v) is 15.6. The fourth-order valence-corrected chi connectivity index (χ4v) is 5.59. The van der Waals surface area contributed by atoms with Crippen LogP contribution in [-0.2, 0) is 24.8 Å². The fraction of sp³-hybridized carbons (Fsp3) is 0.417. The Bertz CT molecular complexity index is 1950. The van der Waals surface area contributed by atoms with E-state index in [-0.39, 0.29) is 18.9 Å². The monoisotopic (exact) mass is 647 g/mol. The number of rotatable bonds is 8. The lowest BCUT2D eigenvalue weighted by molar-refractivity contribution is 0.0285. The lowest BCUT2D eigenvalue weighted by atomic mass is 9.85. The van der Waals surface area contributed by atoms with Crippen LogP contribution in [0.5, 0.6) is 5.75 Å². The van der Waals surface area contributed by atoms with Gasteiger partial charge in [-0.3, -0.25) is 4.68 Å². The predicted molar refractivity (Wildman–Crippen MR) is 177 cm³/mol. The van der Waals surface area contributed by atoms with E-state index in [2.05, 4.69) is 10.1 Å². The van der Waals surface area contributed by atoms with Crippen molar-refractivity contribution in [3.05, 3.63) is 83.1 Å². The van der Waals surface area contributed by atoms with Crippen LogP contribution in [0.25, 0.3) is 27.5 Å². The number of imidazole rings is 1. The number of fused-ring (bicyclic) bond motifs is 3. The van der Waals surface area contributed by atoms with E-state index in [0.717, 1.165) is 39.3 Å². The summed E-state index contributed by atoms with van der Waals surface area (Å²) in [5, 5.41) is 17.2. The highest BCUT2D eigenvalue weighted by Crippen LogP contribution is 2.38. The van der Waals surface area contributed by atoms with Crippen molar-refractivity contribution in [3.63, 3.8) is 0 Å². The number of benzene rings is 2. The van der Waals surface area contributed by atoms with Gasteiger partial charge in [-0.2, -0.15) is 9.49 Å². The van der Waals surface area contributed by atoms with Gasteiger partial charge < -0.3 is 23.9 Å². The summed E-state index contributed by atoms with van der Waals surface area (Å²) in [6, 6.07) is 8.17. The summed E-state index contributed by atoms with van der Waals surface area (Å²) in [5.41, 5.74) is 3.61. The van der Waals surface area contributed by atoms with Crippen LogP contribution < -0.4 is 4.74 Å². The van der Waals surface area contributed by atoms with Gasteiger partial charge in [0.15, 0.2) is 11.6 Å². The maximum absolute atomic E-state index is 15.4. The molecule has 5 rings (SSSR count). The highest BCUT2D eigenvalue weighted by molar-refractivity contribution is 5.99. The van der Waals surface area contributed by atoms with Crippen molar-refractivity contribution in [2.75, 3.05) is 13.7 Å². The Morgan fingerprint density at radius 1 is 1.09 bits per heavy atom. The molecule has 1 N–H and O–H groups in total. The number of aliphatic hydroxyl groups is 1. The van der Waals surface area contributed by atoms with Crippen LogP contribution in [0.15, 0.2) is 48.9 Å². The number of carbonyl (C=O) groups is 1.